The van der Waals surface area contributed by atoms with Gasteiger partial charge in [-0.15, -0.1) is 12.3 Å². The van der Waals surface area contributed by atoms with Gasteiger partial charge in [0.05, 0.1) is 0 Å². The summed E-state index contributed by atoms with van der Waals surface area (Å²) in [5.41, 5.74) is 0.555. The van der Waals surface area contributed by atoms with E-state index in [2.05, 4.69) is 11.2 Å². The van der Waals surface area contributed by atoms with Gasteiger partial charge in [-0.25, -0.2) is 0 Å². The highest BCUT2D eigenvalue weighted by Crippen LogP contribution is 2.30. The standard InChI is InChI=1S/C15H17NO3/c1-3-5-12(4-2)16-15(17)11-6-7-13-14(10-11)19-9-8-18-13/h1,6-7,10,12H,4-5,8-9H2,2H3,(H,16,17). The quantitative estimate of drug-likeness (QED) is 0.841. The third-order valence-corrected chi connectivity index (χ3v) is 3.00. The fraction of sp³-hybridized carbons (Fsp3) is 0.400. The van der Waals surface area contributed by atoms with Gasteiger partial charge < -0.3 is 14.8 Å². The van der Waals surface area contributed by atoms with Crippen LogP contribution in [0.25, 0.3) is 0 Å². The first-order valence-corrected chi connectivity index (χ1v) is 6.38. The van der Waals surface area contributed by atoms with Crippen molar-refractivity contribution < 1.29 is 14.3 Å². The number of hydrogen-bond donors (Lipinski definition) is 1. The molecule has 1 aromatic carbocycles. The predicted molar refractivity (Wildman–Crippen MR) is 72.4 cm³/mol. The largest absolute Gasteiger partial charge is 0.486 e. The molecule has 0 spiro atoms. The van der Waals surface area contributed by atoms with Crippen LogP contribution in [0.15, 0.2) is 18.2 Å². The van der Waals surface area contributed by atoms with Crippen LogP contribution in [-0.2, 0) is 0 Å². The van der Waals surface area contributed by atoms with E-state index in [1.165, 1.54) is 0 Å². The second-order valence-electron chi connectivity index (χ2n) is 4.35. The summed E-state index contributed by atoms with van der Waals surface area (Å²) in [6.07, 6.45) is 6.61. The first-order valence-electron chi connectivity index (χ1n) is 6.38. The minimum atomic E-state index is -0.140. The van der Waals surface area contributed by atoms with Crippen molar-refractivity contribution in [1.82, 2.24) is 5.32 Å². The highest BCUT2D eigenvalue weighted by atomic mass is 16.6. The molecule has 100 valence electrons. The number of carbonyl (C=O) groups is 1. The van der Waals surface area contributed by atoms with E-state index in [1.807, 2.05) is 6.92 Å². The van der Waals surface area contributed by atoms with E-state index < -0.39 is 0 Å². The molecule has 1 amide bonds. The molecule has 4 heteroatoms. The Morgan fingerprint density at radius 2 is 2.16 bits per heavy atom. The zero-order valence-electron chi connectivity index (χ0n) is 10.9. The number of fused-ring (bicyclic) bond motifs is 1. The van der Waals surface area contributed by atoms with Gasteiger partial charge in [-0.1, -0.05) is 6.92 Å². The maximum Gasteiger partial charge on any atom is 0.251 e. The van der Waals surface area contributed by atoms with Crippen LogP contribution in [0.3, 0.4) is 0 Å². The topological polar surface area (TPSA) is 47.6 Å². The Morgan fingerprint density at radius 3 is 2.84 bits per heavy atom. The van der Waals surface area contributed by atoms with Gasteiger partial charge in [-0.2, -0.15) is 0 Å². The van der Waals surface area contributed by atoms with Gasteiger partial charge in [0.25, 0.3) is 5.91 Å². The van der Waals surface area contributed by atoms with Crippen LogP contribution in [0.4, 0.5) is 0 Å². The molecule has 0 aliphatic carbocycles. The van der Waals surface area contributed by atoms with Crippen LogP contribution >= 0.6 is 0 Å². The second-order valence-corrected chi connectivity index (χ2v) is 4.35. The Hall–Kier alpha value is -2.15. The van der Waals surface area contributed by atoms with Crippen LogP contribution in [0.1, 0.15) is 30.1 Å². The van der Waals surface area contributed by atoms with E-state index >= 15 is 0 Å². The number of terminal acetylenes is 1. The lowest BCUT2D eigenvalue weighted by Gasteiger charge is -2.19. The van der Waals surface area contributed by atoms with E-state index in [-0.39, 0.29) is 11.9 Å². The summed E-state index contributed by atoms with van der Waals surface area (Å²) in [4.78, 5) is 12.1. The number of ether oxygens (including phenoxy) is 2. The maximum atomic E-state index is 12.1. The lowest BCUT2D eigenvalue weighted by atomic mass is 10.1. The average molecular weight is 259 g/mol. The number of amides is 1. The molecule has 0 bridgehead atoms. The Kier molecular flexibility index (Phi) is 4.30. The summed E-state index contributed by atoms with van der Waals surface area (Å²) in [5.74, 6) is 3.72. The monoisotopic (exact) mass is 259 g/mol. The SMILES string of the molecule is C#CCC(CC)NC(=O)c1ccc2c(c1)OCCO2. The number of benzene rings is 1. The van der Waals surface area contributed by atoms with Crippen LogP contribution in [0, 0.1) is 12.3 Å². The summed E-state index contributed by atoms with van der Waals surface area (Å²) < 4.78 is 10.9. The van der Waals surface area contributed by atoms with Crippen molar-refractivity contribution in [3.63, 3.8) is 0 Å². The molecular weight excluding hydrogens is 242 g/mol. The molecule has 1 N–H and O–H groups in total. The van der Waals surface area contributed by atoms with Gasteiger partial charge in [-0.3, -0.25) is 4.79 Å². The molecule has 1 atom stereocenters. The number of carbonyl (C=O) groups excluding carboxylic acids is 1. The minimum absolute atomic E-state index is 0.00528. The summed E-state index contributed by atoms with van der Waals surface area (Å²) in [6, 6.07) is 5.19. The second kappa shape index (κ2) is 6.14. The minimum Gasteiger partial charge on any atom is -0.486 e. The molecule has 19 heavy (non-hydrogen) atoms. The Bertz CT molecular complexity index is 505. The third-order valence-electron chi connectivity index (χ3n) is 3.00. The van der Waals surface area contributed by atoms with Crippen LogP contribution < -0.4 is 14.8 Å². The van der Waals surface area contributed by atoms with Crippen molar-refractivity contribution in [2.75, 3.05) is 13.2 Å². The summed E-state index contributed by atoms with van der Waals surface area (Å²) in [6.45, 7) is 3.04. The van der Waals surface area contributed by atoms with Crippen LogP contribution in [0.5, 0.6) is 11.5 Å². The number of hydrogen-bond acceptors (Lipinski definition) is 3. The molecule has 4 nitrogen and oxygen atoms in total. The van der Waals surface area contributed by atoms with E-state index in [0.29, 0.717) is 36.7 Å². The molecule has 1 aliphatic rings. The van der Waals surface area contributed by atoms with Gasteiger partial charge in [0.15, 0.2) is 11.5 Å². The highest BCUT2D eigenvalue weighted by molar-refractivity contribution is 5.95. The molecule has 0 fully saturated rings. The van der Waals surface area contributed by atoms with E-state index in [1.54, 1.807) is 18.2 Å². The van der Waals surface area contributed by atoms with Crippen molar-refractivity contribution in [2.45, 2.75) is 25.8 Å². The summed E-state index contributed by atoms with van der Waals surface area (Å²) in [5, 5.41) is 2.91. The lowest BCUT2D eigenvalue weighted by molar-refractivity contribution is 0.0935. The smallest absolute Gasteiger partial charge is 0.251 e. The zero-order valence-corrected chi connectivity index (χ0v) is 10.9. The van der Waals surface area contributed by atoms with Crippen LogP contribution in [0.2, 0.25) is 0 Å². The maximum absolute atomic E-state index is 12.1. The summed E-state index contributed by atoms with van der Waals surface area (Å²) >= 11 is 0. The van der Waals surface area contributed by atoms with Crippen molar-refractivity contribution in [3.05, 3.63) is 23.8 Å². The van der Waals surface area contributed by atoms with Gasteiger partial charge >= 0.3 is 0 Å². The van der Waals surface area contributed by atoms with E-state index in [0.717, 1.165) is 6.42 Å². The average Bonchev–Trinajstić information content (AvgIpc) is 2.46. The van der Waals surface area contributed by atoms with Crippen molar-refractivity contribution in [3.8, 4) is 23.8 Å². The first kappa shape index (κ1) is 13.3. The normalized spacial score (nSPS) is 14.3. The Morgan fingerprint density at radius 1 is 1.42 bits per heavy atom. The van der Waals surface area contributed by atoms with Crippen molar-refractivity contribution >= 4 is 5.91 Å². The molecular formula is C15H17NO3. The Labute approximate surface area is 113 Å². The molecule has 0 radical (unpaired) electrons. The molecule has 2 rings (SSSR count). The van der Waals surface area contributed by atoms with Gasteiger partial charge in [0, 0.05) is 18.0 Å². The van der Waals surface area contributed by atoms with E-state index in [4.69, 9.17) is 15.9 Å². The lowest BCUT2D eigenvalue weighted by Crippen LogP contribution is -2.34. The van der Waals surface area contributed by atoms with Gasteiger partial charge in [0.2, 0.25) is 0 Å². The molecule has 0 saturated carbocycles. The number of rotatable bonds is 4. The predicted octanol–water partition coefficient (Wildman–Crippen LogP) is 1.99. The molecule has 0 saturated heterocycles. The molecule has 1 aliphatic heterocycles. The van der Waals surface area contributed by atoms with Crippen molar-refractivity contribution in [1.29, 1.82) is 0 Å². The third kappa shape index (κ3) is 3.19. The molecule has 1 unspecified atom stereocenters. The molecule has 1 aromatic rings. The zero-order chi connectivity index (χ0) is 13.7. The van der Waals surface area contributed by atoms with Crippen LogP contribution in [-0.4, -0.2) is 25.2 Å². The number of nitrogens with one attached hydrogen (secondary N) is 1. The fourth-order valence-electron chi connectivity index (χ4n) is 1.89. The van der Waals surface area contributed by atoms with Crippen molar-refractivity contribution in [2.24, 2.45) is 0 Å². The van der Waals surface area contributed by atoms with E-state index in [9.17, 15) is 4.79 Å². The highest BCUT2D eigenvalue weighted by Gasteiger charge is 2.16. The van der Waals surface area contributed by atoms with Gasteiger partial charge in [0.1, 0.15) is 13.2 Å². The fourth-order valence-corrected chi connectivity index (χ4v) is 1.89. The molecule has 0 aromatic heterocycles. The van der Waals surface area contributed by atoms with Gasteiger partial charge in [-0.05, 0) is 24.6 Å². The Balaban J connectivity index is 2.09. The molecule has 1 heterocycles. The first-order chi connectivity index (χ1) is 9.24. The summed E-state index contributed by atoms with van der Waals surface area (Å²) in [7, 11) is 0.